The molecule has 1 rings (SSSR count). The molecule has 19 heavy (non-hydrogen) atoms. The monoisotopic (exact) mass is 268 g/mol. The van der Waals surface area contributed by atoms with Crippen molar-refractivity contribution in [2.45, 2.75) is 32.9 Å². The summed E-state index contributed by atoms with van der Waals surface area (Å²) in [6.07, 6.45) is 1.15. The number of amides is 2. The van der Waals surface area contributed by atoms with Gasteiger partial charge in [-0.15, -0.1) is 0 Å². The van der Waals surface area contributed by atoms with E-state index in [0.29, 0.717) is 6.54 Å². The minimum absolute atomic E-state index is 0.0352. The van der Waals surface area contributed by atoms with Crippen molar-refractivity contribution in [2.75, 3.05) is 13.2 Å². The van der Waals surface area contributed by atoms with Crippen LogP contribution in [0.2, 0.25) is 0 Å². The number of alkyl halides is 1. The van der Waals surface area contributed by atoms with E-state index in [9.17, 15) is 9.18 Å². The maximum atomic E-state index is 11.8. The van der Waals surface area contributed by atoms with Crippen molar-refractivity contribution in [2.24, 2.45) is 0 Å². The van der Waals surface area contributed by atoms with Crippen molar-refractivity contribution >= 4 is 6.03 Å². The number of rotatable bonds is 7. The van der Waals surface area contributed by atoms with Gasteiger partial charge in [0.25, 0.3) is 0 Å². The van der Waals surface area contributed by atoms with Crippen LogP contribution in [0.15, 0.2) is 24.3 Å². The van der Waals surface area contributed by atoms with E-state index in [4.69, 9.17) is 4.74 Å². The van der Waals surface area contributed by atoms with Crippen molar-refractivity contribution in [1.29, 1.82) is 0 Å². The first kappa shape index (κ1) is 15.3. The molecule has 1 aromatic carbocycles. The molecule has 0 aliphatic heterocycles. The number of carbonyl (C=O) groups excluding carboxylic acids is 1. The molecule has 0 spiro atoms. The van der Waals surface area contributed by atoms with Crippen LogP contribution in [0, 0.1) is 0 Å². The SMILES string of the molecule is CCC(C)Oc1ccc(CNC(=O)NCCF)cc1. The second-order valence-corrected chi connectivity index (χ2v) is 4.28. The summed E-state index contributed by atoms with van der Waals surface area (Å²) in [5, 5.41) is 5.05. The highest BCUT2D eigenvalue weighted by Crippen LogP contribution is 2.14. The number of ether oxygens (including phenoxy) is 1. The number of carbonyl (C=O) groups is 1. The van der Waals surface area contributed by atoms with Gasteiger partial charge in [-0.05, 0) is 31.0 Å². The van der Waals surface area contributed by atoms with Crippen LogP contribution >= 0.6 is 0 Å². The summed E-state index contributed by atoms with van der Waals surface area (Å²) in [6.45, 7) is 3.97. The van der Waals surface area contributed by atoms with Crippen molar-refractivity contribution in [3.8, 4) is 5.75 Å². The lowest BCUT2D eigenvalue weighted by atomic mass is 10.2. The Labute approximate surface area is 113 Å². The number of urea groups is 1. The molecule has 0 saturated carbocycles. The number of benzene rings is 1. The van der Waals surface area contributed by atoms with Gasteiger partial charge >= 0.3 is 6.03 Å². The van der Waals surface area contributed by atoms with Gasteiger partial charge < -0.3 is 15.4 Å². The molecule has 0 radical (unpaired) electrons. The highest BCUT2D eigenvalue weighted by Gasteiger charge is 2.02. The fraction of sp³-hybridized carbons (Fsp3) is 0.500. The van der Waals surface area contributed by atoms with Crippen molar-refractivity contribution in [1.82, 2.24) is 10.6 Å². The maximum absolute atomic E-state index is 11.8. The Morgan fingerprint density at radius 3 is 2.58 bits per heavy atom. The normalized spacial score (nSPS) is 11.7. The summed E-state index contributed by atoms with van der Waals surface area (Å²) in [4.78, 5) is 11.2. The number of hydrogen-bond acceptors (Lipinski definition) is 2. The topological polar surface area (TPSA) is 50.4 Å². The average molecular weight is 268 g/mol. The van der Waals surface area contributed by atoms with Gasteiger partial charge in [0, 0.05) is 13.1 Å². The van der Waals surface area contributed by atoms with E-state index >= 15 is 0 Å². The van der Waals surface area contributed by atoms with Gasteiger partial charge in [0.05, 0.1) is 6.10 Å². The first-order chi connectivity index (χ1) is 9.15. The van der Waals surface area contributed by atoms with Gasteiger partial charge in [0.1, 0.15) is 12.4 Å². The molecule has 0 bridgehead atoms. The Bertz CT molecular complexity index is 382. The largest absolute Gasteiger partial charge is 0.491 e. The quantitative estimate of drug-likeness (QED) is 0.798. The molecule has 0 aliphatic carbocycles. The highest BCUT2D eigenvalue weighted by molar-refractivity contribution is 5.73. The molecule has 106 valence electrons. The standard InChI is InChI=1S/C14H21FN2O2/c1-3-11(2)19-13-6-4-12(5-7-13)10-17-14(18)16-9-8-15/h4-7,11H,3,8-10H2,1-2H3,(H2,16,17,18). The zero-order chi connectivity index (χ0) is 14.1. The summed E-state index contributed by atoms with van der Waals surface area (Å²) >= 11 is 0. The Kier molecular flexibility index (Phi) is 6.71. The molecule has 1 aromatic rings. The molecule has 2 N–H and O–H groups in total. The first-order valence-electron chi connectivity index (χ1n) is 6.49. The van der Waals surface area contributed by atoms with E-state index in [1.54, 1.807) is 0 Å². The van der Waals surface area contributed by atoms with E-state index < -0.39 is 6.67 Å². The van der Waals surface area contributed by atoms with Crippen molar-refractivity contribution in [3.63, 3.8) is 0 Å². The second kappa shape index (κ2) is 8.34. The fourth-order valence-corrected chi connectivity index (χ4v) is 1.41. The van der Waals surface area contributed by atoms with Gasteiger partial charge in [-0.2, -0.15) is 0 Å². The zero-order valence-corrected chi connectivity index (χ0v) is 11.4. The molecule has 0 aromatic heterocycles. The molecule has 4 nitrogen and oxygen atoms in total. The molecular weight excluding hydrogens is 247 g/mol. The molecule has 0 saturated heterocycles. The van der Waals surface area contributed by atoms with Gasteiger partial charge in [0.15, 0.2) is 0 Å². The Balaban J connectivity index is 2.37. The lowest BCUT2D eigenvalue weighted by Crippen LogP contribution is -2.36. The third-order valence-electron chi connectivity index (χ3n) is 2.67. The van der Waals surface area contributed by atoms with Gasteiger partial charge in [-0.3, -0.25) is 0 Å². The van der Waals surface area contributed by atoms with Gasteiger partial charge in [-0.25, -0.2) is 9.18 Å². The molecule has 2 amide bonds. The fourth-order valence-electron chi connectivity index (χ4n) is 1.41. The average Bonchev–Trinajstić information content (AvgIpc) is 2.44. The summed E-state index contributed by atoms with van der Waals surface area (Å²) < 4.78 is 17.5. The molecule has 0 fully saturated rings. The Morgan fingerprint density at radius 2 is 2.00 bits per heavy atom. The summed E-state index contributed by atoms with van der Waals surface area (Å²) in [6, 6.07) is 7.18. The Hall–Kier alpha value is -1.78. The van der Waals surface area contributed by atoms with Crippen LogP contribution in [0.5, 0.6) is 5.75 Å². The first-order valence-corrected chi connectivity index (χ1v) is 6.49. The minimum atomic E-state index is -0.560. The highest BCUT2D eigenvalue weighted by atomic mass is 19.1. The maximum Gasteiger partial charge on any atom is 0.315 e. The van der Waals surface area contributed by atoms with E-state index in [-0.39, 0.29) is 18.7 Å². The third-order valence-corrected chi connectivity index (χ3v) is 2.67. The van der Waals surface area contributed by atoms with Crippen LogP contribution in [-0.2, 0) is 6.54 Å². The van der Waals surface area contributed by atoms with E-state index in [1.165, 1.54) is 0 Å². The molecule has 1 atom stereocenters. The zero-order valence-electron chi connectivity index (χ0n) is 11.4. The lowest BCUT2D eigenvalue weighted by Gasteiger charge is -2.13. The molecule has 0 heterocycles. The predicted octanol–water partition coefficient (Wildman–Crippen LogP) is 2.63. The smallest absolute Gasteiger partial charge is 0.315 e. The molecule has 5 heteroatoms. The molecular formula is C14H21FN2O2. The summed E-state index contributed by atoms with van der Waals surface area (Å²) in [5.74, 6) is 0.819. The third kappa shape index (κ3) is 6.08. The Morgan fingerprint density at radius 1 is 1.32 bits per heavy atom. The lowest BCUT2D eigenvalue weighted by molar-refractivity contribution is 0.217. The van der Waals surface area contributed by atoms with E-state index in [1.807, 2.05) is 31.2 Å². The summed E-state index contributed by atoms with van der Waals surface area (Å²) in [7, 11) is 0. The van der Waals surface area contributed by atoms with Crippen LogP contribution < -0.4 is 15.4 Å². The van der Waals surface area contributed by atoms with E-state index in [2.05, 4.69) is 17.6 Å². The van der Waals surface area contributed by atoms with Crippen LogP contribution in [0.4, 0.5) is 9.18 Å². The number of halogens is 1. The van der Waals surface area contributed by atoms with Crippen molar-refractivity contribution in [3.05, 3.63) is 29.8 Å². The van der Waals surface area contributed by atoms with Gasteiger partial charge in [-0.1, -0.05) is 19.1 Å². The number of hydrogen-bond donors (Lipinski definition) is 2. The van der Waals surface area contributed by atoms with E-state index in [0.717, 1.165) is 17.7 Å². The minimum Gasteiger partial charge on any atom is -0.491 e. The predicted molar refractivity (Wildman–Crippen MR) is 73.0 cm³/mol. The number of nitrogens with one attached hydrogen (secondary N) is 2. The summed E-state index contributed by atoms with van der Waals surface area (Å²) in [5.41, 5.74) is 0.965. The van der Waals surface area contributed by atoms with Crippen LogP contribution in [0.3, 0.4) is 0 Å². The van der Waals surface area contributed by atoms with Crippen LogP contribution in [0.1, 0.15) is 25.8 Å². The van der Waals surface area contributed by atoms with Crippen LogP contribution in [-0.4, -0.2) is 25.4 Å². The van der Waals surface area contributed by atoms with Crippen molar-refractivity contribution < 1.29 is 13.9 Å². The van der Waals surface area contributed by atoms with Gasteiger partial charge in [0.2, 0.25) is 0 Å². The molecule has 1 unspecified atom stereocenters. The molecule has 0 aliphatic rings. The second-order valence-electron chi connectivity index (χ2n) is 4.28. The van der Waals surface area contributed by atoms with Crippen LogP contribution in [0.25, 0.3) is 0 Å².